The van der Waals surface area contributed by atoms with Crippen LogP contribution in [0.15, 0.2) is 36.4 Å². The number of hydrogen-bond acceptors (Lipinski definition) is 4. The predicted molar refractivity (Wildman–Crippen MR) is 102 cm³/mol. The summed E-state index contributed by atoms with van der Waals surface area (Å²) in [5.74, 6) is 1.06. The molecule has 0 aliphatic carbocycles. The third-order valence-electron chi connectivity index (χ3n) is 4.47. The average molecular weight is 339 g/mol. The maximum Gasteiger partial charge on any atom is 0.243 e. The van der Waals surface area contributed by atoms with E-state index in [9.17, 15) is 4.79 Å². The molecule has 0 saturated heterocycles. The highest BCUT2D eigenvalue weighted by Crippen LogP contribution is 2.33. The summed E-state index contributed by atoms with van der Waals surface area (Å²) in [6.07, 6.45) is 0. The summed E-state index contributed by atoms with van der Waals surface area (Å²) in [7, 11) is 0. The van der Waals surface area contributed by atoms with Crippen molar-refractivity contribution in [3.63, 3.8) is 0 Å². The van der Waals surface area contributed by atoms with E-state index in [1.807, 2.05) is 36.1 Å². The molecule has 3 rings (SSSR count). The summed E-state index contributed by atoms with van der Waals surface area (Å²) in [4.78, 5) is 14.7. The summed E-state index contributed by atoms with van der Waals surface area (Å²) >= 11 is 0. The molecular formula is C20H25N3O2. The quantitative estimate of drug-likeness (QED) is 0.836. The number of ether oxygens (including phenoxy) is 1. The smallest absolute Gasteiger partial charge is 0.243 e. The number of nitrogen functional groups attached to an aromatic ring is 1. The van der Waals surface area contributed by atoms with E-state index >= 15 is 0 Å². The number of nitrogens with two attached hydrogens (primary N) is 1. The van der Waals surface area contributed by atoms with Crippen molar-refractivity contribution in [1.82, 2.24) is 0 Å². The Morgan fingerprint density at radius 2 is 2.12 bits per heavy atom. The molecule has 1 amide bonds. The minimum Gasteiger partial charge on any atom is -0.489 e. The van der Waals surface area contributed by atoms with E-state index in [0.29, 0.717) is 24.8 Å². The maximum absolute atomic E-state index is 12.7. The number of carbonyl (C=O) groups excluding carboxylic acids is 1. The van der Waals surface area contributed by atoms with Crippen LogP contribution >= 0.6 is 0 Å². The van der Waals surface area contributed by atoms with Gasteiger partial charge in [-0.05, 0) is 36.1 Å². The molecular weight excluding hydrogens is 314 g/mol. The maximum atomic E-state index is 12.7. The number of aryl methyl sites for hydroxylation is 1. The van der Waals surface area contributed by atoms with E-state index < -0.39 is 0 Å². The van der Waals surface area contributed by atoms with Crippen LogP contribution in [-0.4, -0.2) is 25.6 Å². The first-order valence-electron chi connectivity index (χ1n) is 8.62. The van der Waals surface area contributed by atoms with Crippen LogP contribution in [0.5, 0.6) is 5.75 Å². The Balaban J connectivity index is 1.77. The van der Waals surface area contributed by atoms with Crippen LogP contribution in [0.4, 0.5) is 17.1 Å². The number of benzene rings is 2. The third kappa shape index (κ3) is 3.71. The van der Waals surface area contributed by atoms with Crippen molar-refractivity contribution < 1.29 is 9.53 Å². The van der Waals surface area contributed by atoms with Crippen molar-refractivity contribution in [2.75, 3.05) is 35.6 Å². The van der Waals surface area contributed by atoms with Gasteiger partial charge in [0.2, 0.25) is 5.91 Å². The molecule has 0 unspecified atom stereocenters. The molecule has 3 N–H and O–H groups in total. The second-order valence-corrected chi connectivity index (χ2v) is 6.74. The molecule has 0 atom stereocenters. The highest BCUT2D eigenvalue weighted by molar-refractivity contribution is 5.96. The zero-order valence-electron chi connectivity index (χ0n) is 15.0. The molecule has 0 aromatic heterocycles. The van der Waals surface area contributed by atoms with E-state index in [1.165, 1.54) is 0 Å². The summed E-state index contributed by atoms with van der Waals surface area (Å²) in [6, 6.07) is 11.7. The number of para-hydroxylation sites is 1. The first kappa shape index (κ1) is 17.1. The molecule has 1 heterocycles. The zero-order chi connectivity index (χ0) is 18.0. The molecule has 2 aromatic rings. The highest BCUT2D eigenvalue weighted by atomic mass is 16.5. The summed E-state index contributed by atoms with van der Waals surface area (Å²) in [5, 5.41) is 3.10. The van der Waals surface area contributed by atoms with Crippen LogP contribution in [0, 0.1) is 6.92 Å². The molecule has 25 heavy (non-hydrogen) atoms. The number of nitrogens with one attached hydrogen (secondary N) is 1. The fourth-order valence-electron chi connectivity index (χ4n) is 3.15. The highest BCUT2D eigenvalue weighted by Gasteiger charge is 2.21. The van der Waals surface area contributed by atoms with Gasteiger partial charge in [-0.15, -0.1) is 0 Å². The van der Waals surface area contributed by atoms with Crippen LogP contribution in [0.1, 0.15) is 30.9 Å². The van der Waals surface area contributed by atoms with E-state index in [0.717, 1.165) is 28.3 Å². The Kier molecular flexibility index (Phi) is 4.83. The summed E-state index contributed by atoms with van der Waals surface area (Å²) in [6.45, 7) is 7.79. The predicted octanol–water partition coefficient (Wildman–Crippen LogP) is 3.54. The monoisotopic (exact) mass is 339 g/mol. The van der Waals surface area contributed by atoms with Gasteiger partial charge in [-0.2, -0.15) is 0 Å². The van der Waals surface area contributed by atoms with Crippen molar-refractivity contribution in [1.29, 1.82) is 0 Å². The Morgan fingerprint density at radius 1 is 1.32 bits per heavy atom. The van der Waals surface area contributed by atoms with Crippen molar-refractivity contribution in [3.05, 3.63) is 47.5 Å². The number of hydrogen-bond donors (Lipinski definition) is 2. The molecule has 2 aromatic carbocycles. The van der Waals surface area contributed by atoms with Crippen LogP contribution in [-0.2, 0) is 4.79 Å². The molecule has 0 saturated carbocycles. The lowest BCUT2D eigenvalue weighted by Crippen LogP contribution is -2.39. The Morgan fingerprint density at radius 3 is 2.88 bits per heavy atom. The normalized spacial score (nSPS) is 13.4. The number of nitrogens with zero attached hydrogens (tertiary/aromatic N) is 1. The van der Waals surface area contributed by atoms with Crippen LogP contribution < -0.4 is 20.7 Å². The molecule has 0 bridgehead atoms. The van der Waals surface area contributed by atoms with Gasteiger partial charge in [-0.3, -0.25) is 4.79 Å². The standard InChI is InChI=1S/C20H25N3O2/c1-13(2)16-6-4-5-14(3)20(16)22-19(24)12-23-9-10-25-18-11-15(21)7-8-17(18)23/h4-8,11,13H,9-10,12,21H2,1-3H3,(H,22,24). The van der Waals surface area contributed by atoms with Crippen LogP contribution in [0.3, 0.4) is 0 Å². The van der Waals surface area contributed by atoms with Gasteiger partial charge < -0.3 is 20.7 Å². The van der Waals surface area contributed by atoms with Gasteiger partial charge >= 0.3 is 0 Å². The fraction of sp³-hybridized carbons (Fsp3) is 0.350. The van der Waals surface area contributed by atoms with Gasteiger partial charge in [0, 0.05) is 17.4 Å². The zero-order valence-corrected chi connectivity index (χ0v) is 15.0. The lowest BCUT2D eigenvalue weighted by atomic mass is 9.98. The van der Waals surface area contributed by atoms with Gasteiger partial charge in [0.05, 0.1) is 18.8 Å². The molecule has 0 fully saturated rings. The molecule has 0 spiro atoms. The SMILES string of the molecule is Cc1cccc(C(C)C)c1NC(=O)CN1CCOc2cc(N)ccc21. The van der Waals surface area contributed by atoms with E-state index in [4.69, 9.17) is 10.5 Å². The minimum absolute atomic E-state index is 0.0270. The van der Waals surface area contributed by atoms with Crippen molar-refractivity contribution in [2.45, 2.75) is 26.7 Å². The summed E-state index contributed by atoms with van der Waals surface area (Å²) < 4.78 is 5.65. The molecule has 132 valence electrons. The molecule has 5 heteroatoms. The lowest BCUT2D eigenvalue weighted by Gasteiger charge is -2.31. The second kappa shape index (κ2) is 7.05. The number of fused-ring (bicyclic) bond motifs is 1. The third-order valence-corrected chi connectivity index (χ3v) is 4.47. The molecule has 1 aliphatic heterocycles. The van der Waals surface area contributed by atoms with Gasteiger partial charge in [0.25, 0.3) is 0 Å². The first-order valence-corrected chi connectivity index (χ1v) is 8.62. The molecule has 5 nitrogen and oxygen atoms in total. The van der Waals surface area contributed by atoms with Gasteiger partial charge in [-0.1, -0.05) is 32.0 Å². The number of anilines is 3. The van der Waals surface area contributed by atoms with E-state index in [-0.39, 0.29) is 12.5 Å². The van der Waals surface area contributed by atoms with Crippen molar-refractivity contribution in [3.8, 4) is 5.75 Å². The van der Waals surface area contributed by atoms with E-state index in [2.05, 4.69) is 25.2 Å². The Hall–Kier alpha value is -2.69. The Labute approximate surface area is 148 Å². The topological polar surface area (TPSA) is 67.6 Å². The second-order valence-electron chi connectivity index (χ2n) is 6.74. The number of carbonyl (C=O) groups is 1. The minimum atomic E-state index is -0.0270. The fourth-order valence-corrected chi connectivity index (χ4v) is 3.15. The first-order chi connectivity index (χ1) is 12.0. The largest absolute Gasteiger partial charge is 0.489 e. The Bertz CT molecular complexity index is 787. The number of rotatable bonds is 4. The van der Waals surface area contributed by atoms with Crippen LogP contribution in [0.2, 0.25) is 0 Å². The van der Waals surface area contributed by atoms with E-state index in [1.54, 1.807) is 6.07 Å². The number of amides is 1. The lowest BCUT2D eigenvalue weighted by molar-refractivity contribution is -0.115. The van der Waals surface area contributed by atoms with Crippen LogP contribution in [0.25, 0.3) is 0 Å². The molecule has 1 aliphatic rings. The summed E-state index contributed by atoms with van der Waals surface area (Å²) in [5.41, 5.74) is 10.5. The average Bonchev–Trinajstić information content (AvgIpc) is 2.56. The van der Waals surface area contributed by atoms with Crippen molar-refractivity contribution >= 4 is 23.0 Å². The van der Waals surface area contributed by atoms with Gasteiger partial charge in [0.15, 0.2) is 0 Å². The molecule has 0 radical (unpaired) electrons. The van der Waals surface area contributed by atoms with Crippen molar-refractivity contribution in [2.24, 2.45) is 0 Å². The van der Waals surface area contributed by atoms with Gasteiger partial charge in [-0.25, -0.2) is 0 Å². The van der Waals surface area contributed by atoms with Gasteiger partial charge in [0.1, 0.15) is 12.4 Å².